The average molecular weight is 245 g/mol. The first-order valence-electron chi connectivity index (χ1n) is 6.40. The molecule has 4 heteroatoms. The van der Waals surface area contributed by atoms with Crippen molar-refractivity contribution in [1.29, 1.82) is 5.26 Å². The molecule has 96 valence electrons. The maximum Gasteiger partial charge on any atom is 0.144 e. The molecule has 1 aromatic rings. The summed E-state index contributed by atoms with van der Waals surface area (Å²) in [7, 11) is 2.09. The molecule has 0 aliphatic carbocycles. The van der Waals surface area contributed by atoms with E-state index in [-0.39, 0.29) is 0 Å². The molecule has 2 heterocycles. The van der Waals surface area contributed by atoms with Crippen LogP contribution in [0.3, 0.4) is 0 Å². The van der Waals surface area contributed by atoms with Crippen molar-refractivity contribution in [2.45, 2.75) is 19.4 Å². The molecule has 1 unspecified atom stereocenters. The molecule has 1 atom stereocenters. The van der Waals surface area contributed by atoms with Gasteiger partial charge in [-0.3, -0.25) is 0 Å². The van der Waals surface area contributed by atoms with Gasteiger partial charge < -0.3 is 9.64 Å². The molecular weight excluding hydrogens is 226 g/mol. The van der Waals surface area contributed by atoms with E-state index in [2.05, 4.69) is 23.0 Å². The summed E-state index contributed by atoms with van der Waals surface area (Å²) in [5.41, 5.74) is 1.53. The highest BCUT2D eigenvalue weighted by Crippen LogP contribution is 2.16. The van der Waals surface area contributed by atoms with Crippen LogP contribution < -0.4 is 0 Å². The van der Waals surface area contributed by atoms with Gasteiger partial charge in [0, 0.05) is 31.5 Å². The third-order valence-corrected chi connectivity index (χ3v) is 3.26. The Morgan fingerprint density at radius 1 is 1.61 bits per heavy atom. The van der Waals surface area contributed by atoms with E-state index in [0.717, 1.165) is 38.3 Å². The smallest absolute Gasteiger partial charge is 0.144 e. The second-order valence-corrected chi connectivity index (χ2v) is 4.90. The van der Waals surface area contributed by atoms with Crippen LogP contribution in [0.5, 0.6) is 0 Å². The van der Waals surface area contributed by atoms with Gasteiger partial charge in [-0.05, 0) is 31.9 Å². The largest absolute Gasteiger partial charge is 0.381 e. The van der Waals surface area contributed by atoms with Gasteiger partial charge in [0.15, 0.2) is 0 Å². The van der Waals surface area contributed by atoms with Crippen LogP contribution in [0.2, 0.25) is 0 Å². The molecule has 1 aliphatic heterocycles. The summed E-state index contributed by atoms with van der Waals surface area (Å²) in [6.45, 7) is 3.55. The van der Waals surface area contributed by atoms with Crippen LogP contribution in [0.15, 0.2) is 18.3 Å². The number of hydrogen-bond acceptors (Lipinski definition) is 4. The van der Waals surface area contributed by atoms with Crippen molar-refractivity contribution in [3.8, 4) is 6.07 Å². The van der Waals surface area contributed by atoms with E-state index in [9.17, 15) is 0 Å². The van der Waals surface area contributed by atoms with E-state index >= 15 is 0 Å². The Hall–Kier alpha value is -1.44. The Labute approximate surface area is 108 Å². The van der Waals surface area contributed by atoms with Gasteiger partial charge in [-0.1, -0.05) is 6.07 Å². The first-order chi connectivity index (χ1) is 8.79. The predicted octanol–water partition coefficient (Wildman–Crippen LogP) is 1.81. The molecule has 0 N–H and O–H groups in total. The molecule has 0 amide bonds. The quantitative estimate of drug-likeness (QED) is 0.811. The molecule has 0 saturated carbocycles. The number of pyridine rings is 1. The Balaban J connectivity index is 1.90. The summed E-state index contributed by atoms with van der Waals surface area (Å²) in [5.74, 6) is 0.617. The first kappa shape index (κ1) is 13.0. The molecule has 0 spiro atoms. The van der Waals surface area contributed by atoms with Crippen LogP contribution in [0.25, 0.3) is 0 Å². The lowest BCUT2D eigenvalue weighted by molar-refractivity contribution is 0.0411. The van der Waals surface area contributed by atoms with Crippen molar-refractivity contribution in [2.24, 2.45) is 5.92 Å². The summed E-state index contributed by atoms with van der Waals surface area (Å²) >= 11 is 0. The third-order valence-electron chi connectivity index (χ3n) is 3.26. The van der Waals surface area contributed by atoms with E-state index in [0.29, 0.717) is 11.6 Å². The van der Waals surface area contributed by atoms with Gasteiger partial charge >= 0.3 is 0 Å². The normalized spacial score (nSPS) is 19.7. The SMILES string of the molecule is CN(Cc1cccnc1C#N)CC1CCCOC1. The molecule has 1 fully saturated rings. The van der Waals surface area contributed by atoms with E-state index in [1.165, 1.54) is 6.42 Å². The lowest BCUT2D eigenvalue weighted by Gasteiger charge is -2.27. The number of ether oxygens (including phenoxy) is 1. The highest BCUT2D eigenvalue weighted by Gasteiger charge is 2.16. The second-order valence-electron chi connectivity index (χ2n) is 4.90. The van der Waals surface area contributed by atoms with Gasteiger partial charge in [0.05, 0.1) is 6.61 Å². The fourth-order valence-corrected chi connectivity index (χ4v) is 2.41. The zero-order valence-corrected chi connectivity index (χ0v) is 10.8. The van der Waals surface area contributed by atoms with Crippen molar-refractivity contribution in [1.82, 2.24) is 9.88 Å². The van der Waals surface area contributed by atoms with E-state index in [1.54, 1.807) is 6.20 Å². The molecule has 0 bridgehead atoms. The topological polar surface area (TPSA) is 49.2 Å². The second kappa shape index (κ2) is 6.48. The van der Waals surface area contributed by atoms with Crippen LogP contribution in [0.1, 0.15) is 24.1 Å². The summed E-state index contributed by atoms with van der Waals surface area (Å²) in [6.07, 6.45) is 4.06. The van der Waals surface area contributed by atoms with E-state index < -0.39 is 0 Å². The predicted molar refractivity (Wildman–Crippen MR) is 68.8 cm³/mol. The Bertz CT molecular complexity index is 421. The molecule has 2 rings (SSSR count). The standard InChI is InChI=1S/C14H19N3O/c1-17(9-12-4-3-7-18-11-12)10-13-5-2-6-16-14(13)8-15/h2,5-6,12H,3-4,7,9-11H2,1H3. The molecule has 1 saturated heterocycles. The fraction of sp³-hybridized carbons (Fsp3) is 0.571. The minimum atomic E-state index is 0.532. The number of hydrogen-bond donors (Lipinski definition) is 0. The monoisotopic (exact) mass is 245 g/mol. The maximum atomic E-state index is 9.00. The minimum Gasteiger partial charge on any atom is -0.381 e. The molecular formula is C14H19N3O. The van der Waals surface area contributed by atoms with Crippen LogP contribution in [0.4, 0.5) is 0 Å². The molecule has 18 heavy (non-hydrogen) atoms. The van der Waals surface area contributed by atoms with Crippen molar-refractivity contribution in [3.63, 3.8) is 0 Å². The molecule has 4 nitrogen and oxygen atoms in total. The molecule has 1 aliphatic rings. The van der Waals surface area contributed by atoms with E-state index in [1.807, 2.05) is 12.1 Å². The zero-order valence-electron chi connectivity index (χ0n) is 10.8. The van der Waals surface area contributed by atoms with E-state index in [4.69, 9.17) is 10.00 Å². The van der Waals surface area contributed by atoms with Gasteiger partial charge in [0.1, 0.15) is 11.8 Å². The fourth-order valence-electron chi connectivity index (χ4n) is 2.41. The first-order valence-corrected chi connectivity index (χ1v) is 6.40. The van der Waals surface area contributed by atoms with Gasteiger partial charge in [-0.15, -0.1) is 0 Å². The molecule has 0 radical (unpaired) electrons. The lowest BCUT2D eigenvalue weighted by Crippen LogP contribution is -2.30. The van der Waals surface area contributed by atoms with Gasteiger partial charge in [-0.25, -0.2) is 4.98 Å². The van der Waals surface area contributed by atoms with Gasteiger partial charge in [-0.2, -0.15) is 5.26 Å². The third kappa shape index (κ3) is 3.52. The Morgan fingerprint density at radius 3 is 3.22 bits per heavy atom. The van der Waals surface area contributed by atoms with Crippen molar-refractivity contribution in [3.05, 3.63) is 29.6 Å². The number of nitriles is 1. The summed E-state index contributed by atoms with van der Waals surface area (Å²) in [6, 6.07) is 6.00. The molecule has 0 aromatic carbocycles. The lowest BCUT2D eigenvalue weighted by atomic mass is 10.0. The molecule has 1 aromatic heterocycles. The summed E-state index contributed by atoms with van der Waals surface area (Å²) in [4.78, 5) is 6.33. The summed E-state index contributed by atoms with van der Waals surface area (Å²) in [5, 5.41) is 9.00. The van der Waals surface area contributed by atoms with Crippen LogP contribution in [-0.4, -0.2) is 36.7 Å². The Morgan fingerprint density at radius 2 is 2.50 bits per heavy atom. The maximum absolute atomic E-state index is 9.00. The number of aromatic nitrogens is 1. The number of rotatable bonds is 4. The van der Waals surface area contributed by atoms with Crippen LogP contribution in [-0.2, 0) is 11.3 Å². The average Bonchev–Trinajstić information content (AvgIpc) is 2.40. The highest BCUT2D eigenvalue weighted by molar-refractivity contribution is 5.30. The minimum absolute atomic E-state index is 0.532. The van der Waals surface area contributed by atoms with Crippen molar-refractivity contribution < 1.29 is 4.74 Å². The highest BCUT2D eigenvalue weighted by atomic mass is 16.5. The van der Waals surface area contributed by atoms with Gasteiger partial charge in [0.25, 0.3) is 0 Å². The van der Waals surface area contributed by atoms with Crippen LogP contribution >= 0.6 is 0 Å². The van der Waals surface area contributed by atoms with Crippen molar-refractivity contribution in [2.75, 3.05) is 26.8 Å². The van der Waals surface area contributed by atoms with Crippen LogP contribution in [0, 0.1) is 17.2 Å². The number of nitrogens with zero attached hydrogens (tertiary/aromatic N) is 3. The summed E-state index contributed by atoms with van der Waals surface area (Å²) < 4.78 is 5.49. The van der Waals surface area contributed by atoms with Gasteiger partial charge in [0.2, 0.25) is 0 Å². The van der Waals surface area contributed by atoms with Crippen molar-refractivity contribution >= 4 is 0 Å². The Kier molecular flexibility index (Phi) is 4.68. The zero-order chi connectivity index (χ0) is 12.8.